The Morgan fingerprint density at radius 2 is 1.83 bits per heavy atom. The van der Waals surface area contributed by atoms with Gasteiger partial charge in [0.1, 0.15) is 0 Å². The summed E-state index contributed by atoms with van der Waals surface area (Å²) in [6.45, 7) is 1.62. The molecular weight excluding hydrogens is 98.9 g/mol. The molecule has 0 amide bonds. The van der Waals surface area contributed by atoms with Gasteiger partial charge in [0.25, 0.3) is 7.12 Å². The maximum atomic E-state index is 10.0. The molecule has 0 rings (SSSR count). The largest absolute Gasteiger partial charge is 0.256 e. The lowest BCUT2D eigenvalue weighted by atomic mass is 10.8. The van der Waals surface area contributed by atoms with Crippen molar-refractivity contribution in [1.82, 2.24) is 0 Å². The standard InChI is InChI=1S/C2H7BO2S/c1-2-6(3,4)5/h2-3H2,1H3. The van der Waals surface area contributed by atoms with Gasteiger partial charge in [0.05, 0.1) is 9.69 Å². The summed E-state index contributed by atoms with van der Waals surface area (Å²) in [6.07, 6.45) is 0. The summed E-state index contributed by atoms with van der Waals surface area (Å²) in [4.78, 5) is 0. The molecule has 0 unspecified atom stereocenters. The summed E-state index contributed by atoms with van der Waals surface area (Å²) in [5.41, 5.74) is 0. The van der Waals surface area contributed by atoms with Crippen molar-refractivity contribution in [1.29, 1.82) is 0 Å². The van der Waals surface area contributed by atoms with Gasteiger partial charge in [-0.1, -0.05) is 6.92 Å². The zero-order chi connectivity index (χ0) is 5.21. The smallest absolute Gasteiger partial charge is 0.242 e. The molecule has 0 aliphatic carbocycles. The van der Waals surface area contributed by atoms with Crippen molar-refractivity contribution in [3.05, 3.63) is 0 Å². The van der Waals surface area contributed by atoms with Crippen LogP contribution in [0.1, 0.15) is 6.92 Å². The Morgan fingerprint density at radius 3 is 1.83 bits per heavy atom. The second kappa shape index (κ2) is 1.64. The third-order valence-corrected chi connectivity index (χ3v) is 1.57. The maximum absolute atomic E-state index is 10.0. The highest BCUT2D eigenvalue weighted by Crippen LogP contribution is 1.73. The lowest BCUT2D eigenvalue weighted by molar-refractivity contribution is 0.610. The van der Waals surface area contributed by atoms with Gasteiger partial charge < -0.3 is 0 Å². The van der Waals surface area contributed by atoms with Crippen LogP contribution in [-0.4, -0.2) is 21.3 Å². The van der Waals surface area contributed by atoms with E-state index in [1.54, 1.807) is 6.92 Å². The van der Waals surface area contributed by atoms with Gasteiger partial charge in [-0.25, -0.2) is 8.42 Å². The fourth-order valence-electron chi connectivity index (χ4n) is 0. The van der Waals surface area contributed by atoms with Gasteiger partial charge in [-0.05, 0) is 0 Å². The minimum atomic E-state index is -2.66. The highest BCUT2D eigenvalue weighted by molar-refractivity contribution is 8.12. The van der Waals surface area contributed by atoms with Gasteiger partial charge in [0.2, 0.25) is 0 Å². The van der Waals surface area contributed by atoms with E-state index in [4.69, 9.17) is 0 Å². The van der Waals surface area contributed by atoms with Crippen LogP contribution in [0.5, 0.6) is 0 Å². The Hall–Kier alpha value is 0.0149. The molecule has 6 heavy (non-hydrogen) atoms. The van der Waals surface area contributed by atoms with Crippen LogP contribution in [0.25, 0.3) is 0 Å². The van der Waals surface area contributed by atoms with Crippen LogP contribution in [0.4, 0.5) is 0 Å². The molecular formula is C2H7BO2S. The molecule has 0 aromatic heterocycles. The molecule has 0 radical (unpaired) electrons. The quantitative estimate of drug-likeness (QED) is 0.400. The lowest BCUT2D eigenvalue weighted by Gasteiger charge is -1.81. The summed E-state index contributed by atoms with van der Waals surface area (Å²) in [5, 5.41) is 0. The molecule has 0 bridgehead atoms. The summed E-state index contributed by atoms with van der Waals surface area (Å²) in [7, 11) is -1.45. The minimum absolute atomic E-state index is 0.243. The molecule has 0 saturated heterocycles. The van der Waals surface area contributed by atoms with Crippen LogP contribution in [0.15, 0.2) is 0 Å². The zero-order valence-corrected chi connectivity index (χ0v) is 4.75. The van der Waals surface area contributed by atoms with Crippen molar-refractivity contribution in [3.8, 4) is 0 Å². The molecule has 0 aromatic rings. The third kappa shape index (κ3) is 4.01. The minimum Gasteiger partial charge on any atom is -0.242 e. The van der Waals surface area contributed by atoms with Crippen LogP contribution >= 0.6 is 0 Å². The summed E-state index contributed by atoms with van der Waals surface area (Å²) in [6, 6.07) is 0. The monoisotopic (exact) mass is 106 g/mol. The van der Waals surface area contributed by atoms with Gasteiger partial charge in [-0.2, -0.15) is 0 Å². The first-order chi connectivity index (χ1) is 2.56. The van der Waals surface area contributed by atoms with Crippen LogP contribution in [0.2, 0.25) is 0 Å². The fourth-order valence-corrected chi connectivity index (χ4v) is 0. The van der Waals surface area contributed by atoms with Crippen molar-refractivity contribution in [3.63, 3.8) is 0 Å². The van der Waals surface area contributed by atoms with Gasteiger partial charge in [0.15, 0.2) is 0 Å². The molecule has 0 spiro atoms. The van der Waals surface area contributed by atoms with E-state index in [1.807, 2.05) is 0 Å². The van der Waals surface area contributed by atoms with E-state index in [9.17, 15) is 8.42 Å². The molecule has 0 saturated carbocycles. The van der Waals surface area contributed by atoms with E-state index in [0.29, 0.717) is 0 Å². The van der Waals surface area contributed by atoms with Crippen molar-refractivity contribution >= 4 is 16.8 Å². The van der Waals surface area contributed by atoms with Crippen LogP contribution < -0.4 is 0 Å². The Morgan fingerprint density at radius 1 is 1.67 bits per heavy atom. The SMILES string of the molecule is BS(=O)(=O)CC. The molecule has 4 heteroatoms. The van der Waals surface area contributed by atoms with Gasteiger partial charge in [-0.3, -0.25) is 0 Å². The highest BCUT2D eigenvalue weighted by atomic mass is 32.2. The number of hydrogen-bond acceptors (Lipinski definition) is 2. The summed E-state index contributed by atoms with van der Waals surface area (Å²) in [5.74, 6) is 0.243. The Labute approximate surface area is 38.8 Å². The molecule has 0 N–H and O–H groups in total. The number of rotatable bonds is 1. The predicted octanol–water partition coefficient (Wildman–Crippen LogP) is -1.03. The molecule has 0 fully saturated rings. The molecule has 0 atom stereocenters. The van der Waals surface area contributed by atoms with Crippen LogP contribution in [0, 0.1) is 0 Å². The molecule has 0 aliphatic heterocycles. The molecule has 36 valence electrons. The molecule has 0 aliphatic rings. The Balaban J connectivity index is 3.85. The number of hydrogen-bond donors (Lipinski definition) is 0. The van der Waals surface area contributed by atoms with Crippen molar-refractivity contribution in [2.45, 2.75) is 6.92 Å². The van der Waals surface area contributed by atoms with Gasteiger partial charge in [0, 0.05) is 5.75 Å². The normalized spacial score (nSPS) is 11.5. The van der Waals surface area contributed by atoms with E-state index in [-0.39, 0.29) is 5.75 Å². The topological polar surface area (TPSA) is 34.1 Å². The van der Waals surface area contributed by atoms with Gasteiger partial charge in [-0.15, -0.1) is 0 Å². The fraction of sp³-hybridized carbons (Fsp3) is 1.00. The summed E-state index contributed by atoms with van der Waals surface area (Å²) >= 11 is 0. The van der Waals surface area contributed by atoms with E-state index in [1.165, 1.54) is 7.12 Å². The van der Waals surface area contributed by atoms with Crippen LogP contribution in [-0.2, 0) is 9.69 Å². The first-order valence-corrected chi connectivity index (χ1v) is 3.80. The first kappa shape index (κ1) is 6.01. The highest BCUT2D eigenvalue weighted by Gasteiger charge is 1.91. The Kier molecular flexibility index (Phi) is 1.65. The van der Waals surface area contributed by atoms with E-state index < -0.39 is 9.69 Å². The molecule has 2 nitrogen and oxygen atoms in total. The molecule has 0 heterocycles. The maximum Gasteiger partial charge on any atom is 0.256 e. The van der Waals surface area contributed by atoms with Crippen molar-refractivity contribution < 1.29 is 8.42 Å². The van der Waals surface area contributed by atoms with E-state index in [2.05, 4.69) is 0 Å². The first-order valence-electron chi connectivity index (χ1n) is 1.74. The third-order valence-electron chi connectivity index (χ3n) is 0.524. The summed E-state index contributed by atoms with van der Waals surface area (Å²) < 4.78 is 20.0. The van der Waals surface area contributed by atoms with Crippen LogP contribution in [0.3, 0.4) is 0 Å². The van der Waals surface area contributed by atoms with Crippen molar-refractivity contribution in [2.24, 2.45) is 0 Å². The zero-order valence-electron chi connectivity index (χ0n) is 3.93. The average molecular weight is 106 g/mol. The van der Waals surface area contributed by atoms with E-state index >= 15 is 0 Å². The van der Waals surface area contributed by atoms with Gasteiger partial charge >= 0.3 is 0 Å². The second-order valence-corrected chi connectivity index (χ2v) is 3.64. The molecule has 0 aromatic carbocycles. The van der Waals surface area contributed by atoms with Crippen molar-refractivity contribution in [2.75, 3.05) is 5.75 Å². The van der Waals surface area contributed by atoms with E-state index in [0.717, 1.165) is 0 Å². The predicted molar refractivity (Wildman–Crippen MR) is 28.0 cm³/mol. The Bertz CT molecular complexity index is 114. The average Bonchev–Trinajstić information content (AvgIpc) is 1.35. The second-order valence-electron chi connectivity index (χ2n) is 1.21. The lowest BCUT2D eigenvalue weighted by Crippen LogP contribution is -1.99.